The highest BCUT2D eigenvalue weighted by Gasteiger charge is 2.49. The predicted octanol–water partition coefficient (Wildman–Crippen LogP) is 2.30. The molecule has 0 aliphatic carbocycles. The molecule has 0 saturated carbocycles. The molecule has 1 unspecified atom stereocenters. The maximum Gasteiger partial charge on any atom is 0.325 e. The lowest BCUT2D eigenvalue weighted by atomic mass is 9.84. The molecule has 2 saturated heterocycles. The first kappa shape index (κ1) is 22.3. The third kappa shape index (κ3) is 4.21. The summed E-state index contributed by atoms with van der Waals surface area (Å²) in [5, 5.41) is 2.79. The molecule has 2 fully saturated rings. The molecule has 4 amide bonds. The molecule has 1 atom stereocenters. The zero-order valence-corrected chi connectivity index (χ0v) is 19.0. The largest absolute Gasteiger partial charge is 0.341 e. The van der Waals surface area contributed by atoms with E-state index in [1.165, 1.54) is 0 Å². The number of urea groups is 1. The fraction of sp³-hybridized carbons (Fsp3) is 0.609. The minimum absolute atomic E-state index is 0.000662. The van der Waals surface area contributed by atoms with Crippen molar-refractivity contribution in [2.75, 3.05) is 33.7 Å². The van der Waals surface area contributed by atoms with Gasteiger partial charge >= 0.3 is 6.03 Å². The molecule has 3 rings (SSSR count). The van der Waals surface area contributed by atoms with E-state index < -0.39 is 11.6 Å². The maximum absolute atomic E-state index is 13.2. The minimum atomic E-state index is -1.17. The Morgan fingerprint density at radius 2 is 1.73 bits per heavy atom. The summed E-state index contributed by atoms with van der Waals surface area (Å²) in [6.07, 6.45) is 1.80. The van der Waals surface area contributed by atoms with Gasteiger partial charge in [0.1, 0.15) is 12.1 Å². The second-order valence-corrected chi connectivity index (χ2v) is 9.81. The Balaban J connectivity index is 1.71. The van der Waals surface area contributed by atoms with Crippen LogP contribution in [0.25, 0.3) is 0 Å². The molecule has 0 spiro atoms. The number of rotatable bonds is 4. The van der Waals surface area contributed by atoms with Crippen molar-refractivity contribution in [3.8, 4) is 0 Å². The molecule has 2 aliphatic heterocycles. The van der Waals surface area contributed by atoms with Crippen LogP contribution in [0.5, 0.6) is 0 Å². The number of amides is 4. The number of hydrogen-bond donors (Lipinski definition) is 1. The molecular weight excluding hydrogens is 380 g/mol. The number of nitrogens with one attached hydrogen (secondary N) is 1. The minimum Gasteiger partial charge on any atom is -0.341 e. The fourth-order valence-corrected chi connectivity index (χ4v) is 4.17. The van der Waals surface area contributed by atoms with Crippen molar-refractivity contribution in [3.05, 3.63) is 35.4 Å². The van der Waals surface area contributed by atoms with E-state index in [9.17, 15) is 14.4 Å². The van der Waals surface area contributed by atoms with Crippen LogP contribution in [0.2, 0.25) is 0 Å². The topological polar surface area (TPSA) is 73.0 Å². The van der Waals surface area contributed by atoms with Gasteiger partial charge in [0.2, 0.25) is 5.91 Å². The van der Waals surface area contributed by atoms with Crippen molar-refractivity contribution in [1.82, 2.24) is 20.0 Å². The van der Waals surface area contributed by atoms with E-state index in [-0.39, 0.29) is 29.8 Å². The summed E-state index contributed by atoms with van der Waals surface area (Å²) >= 11 is 0. The predicted molar refractivity (Wildman–Crippen MR) is 116 cm³/mol. The van der Waals surface area contributed by atoms with Crippen LogP contribution in [0.4, 0.5) is 4.79 Å². The van der Waals surface area contributed by atoms with Gasteiger partial charge in [-0.25, -0.2) is 4.79 Å². The third-order valence-corrected chi connectivity index (χ3v) is 6.53. The number of likely N-dealkylation sites (N-methyl/N-ethyl adjacent to an activating group) is 1. The number of likely N-dealkylation sites (tertiary alicyclic amines) is 1. The van der Waals surface area contributed by atoms with Crippen LogP contribution in [-0.4, -0.2) is 72.3 Å². The monoisotopic (exact) mass is 414 g/mol. The average Bonchev–Trinajstić information content (AvgIpc) is 2.91. The molecule has 0 bridgehead atoms. The molecule has 1 aromatic carbocycles. The first-order valence-corrected chi connectivity index (χ1v) is 10.6. The van der Waals surface area contributed by atoms with Crippen molar-refractivity contribution in [2.24, 2.45) is 0 Å². The second-order valence-electron chi connectivity index (χ2n) is 9.81. The van der Waals surface area contributed by atoms with Gasteiger partial charge in [-0.2, -0.15) is 0 Å². The number of carbonyl (C=O) groups is 3. The van der Waals surface area contributed by atoms with Crippen molar-refractivity contribution in [1.29, 1.82) is 0 Å². The summed E-state index contributed by atoms with van der Waals surface area (Å²) in [5.41, 5.74) is 0.699. The molecule has 1 aromatic rings. The second kappa shape index (κ2) is 8.02. The lowest BCUT2D eigenvalue weighted by Gasteiger charge is -2.35. The van der Waals surface area contributed by atoms with E-state index in [4.69, 9.17) is 0 Å². The summed E-state index contributed by atoms with van der Waals surface area (Å²) in [4.78, 5) is 43.5. The standard InChI is InChI=1S/C23H34N4O3/c1-22(2,3)16-7-9-17(10-8-16)23(4)20(29)27(21(30)24-23)15-19(28)26(6)18-11-13-25(5)14-12-18/h7-10,18H,11-15H2,1-6H3,(H,24,30). The fourth-order valence-electron chi connectivity index (χ4n) is 4.17. The molecule has 0 radical (unpaired) electrons. The van der Waals surface area contributed by atoms with Crippen molar-refractivity contribution in [3.63, 3.8) is 0 Å². The summed E-state index contributed by atoms with van der Waals surface area (Å²) in [6, 6.07) is 7.37. The number of benzene rings is 1. The van der Waals surface area contributed by atoms with Crippen LogP contribution in [0.3, 0.4) is 0 Å². The molecule has 7 heteroatoms. The van der Waals surface area contributed by atoms with Gasteiger partial charge in [0, 0.05) is 13.1 Å². The highest BCUT2D eigenvalue weighted by Crippen LogP contribution is 2.31. The van der Waals surface area contributed by atoms with Gasteiger partial charge in [0.15, 0.2) is 0 Å². The summed E-state index contributed by atoms with van der Waals surface area (Å²) in [7, 11) is 3.83. The zero-order valence-electron chi connectivity index (χ0n) is 19.0. The Morgan fingerprint density at radius 3 is 2.27 bits per heavy atom. The quantitative estimate of drug-likeness (QED) is 0.768. The highest BCUT2D eigenvalue weighted by molar-refractivity contribution is 6.09. The Morgan fingerprint density at radius 1 is 1.17 bits per heavy atom. The van der Waals surface area contributed by atoms with Crippen molar-refractivity contribution >= 4 is 17.8 Å². The first-order valence-electron chi connectivity index (χ1n) is 10.6. The number of imide groups is 1. The van der Waals surface area contributed by atoms with Gasteiger partial charge in [0.25, 0.3) is 5.91 Å². The lowest BCUT2D eigenvalue weighted by molar-refractivity contribution is -0.139. The molecule has 2 heterocycles. The van der Waals surface area contributed by atoms with E-state index in [0.717, 1.165) is 36.4 Å². The summed E-state index contributed by atoms with van der Waals surface area (Å²) in [6.45, 7) is 9.72. The molecule has 2 aliphatic rings. The molecule has 1 N–H and O–H groups in total. The SMILES string of the molecule is CN1CCC(N(C)C(=O)CN2C(=O)NC(C)(c3ccc(C(C)(C)C)cc3)C2=O)CC1. The van der Waals surface area contributed by atoms with Crippen LogP contribution in [0.15, 0.2) is 24.3 Å². The smallest absolute Gasteiger partial charge is 0.325 e. The Hall–Kier alpha value is -2.41. The molecular formula is C23H34N4O3. The van der Waals surface area contributed by atoms with Crippen LogP contribution in [0, 0.1) is 0 Å². The summed E-state index contributed by atoms with van der Waals surface area (Å²) in [5.74, 6) is -0.596. The van der Waals surface area contributed by atoms with Gasteiger partial charge in [-0.3, -0.25) is 14.5 Å². The zero-order chi connectivity index (χ0) is 22.3. The van der Waals surface area contributed by atoms with Crippen LogP contribution >= 0.6 is 0 Å². The third-order valence-electron chi connectivity index (χ3n) is 6.53. The van der Waals surface area contributed by atoms with Gasteiger partial charge < -0.3 is 15.1 Å². The Bertz CT molecular complexity index is 822. The number of hydrogen-bond acceptors (Lipinski definition) is 4. The normalized spacial score (nSPS) is 23.6. The van der Waals surface area contributed by atoms with E-state index in [1.807, 2.05) is 24.3 Å². The molecule has 0 aromatic heterocycles. The number of nitrogens with zero attached hydrogens (tertiary/aromatic N) is 3. The Kier molecular flexibility index (Phi) is 5.96. The maximum atomic E-state index is 13.2. The highest BCUT2D eigenvalue weighted by atomic mass is 16.2. The van der Waals surface area contributed by atoms with Crippen LogP contribution < -0.4 is 5.32 Å². The number of carbonyl (C=O) groups excluding carboxylic acids is 3. The van der Waals surface area contributed by atoms with E-state index in [2.05, 4.69) is 38.0 Å². The van der Waals surface area contributed by atoms with E-state index in [0.29, 0.717) is 5.56 Å². The number of piperidine rings is 1. The lowest BCUT2D eigenvalue weighted by Crippen LogP contribution is -2.49. The van der Waals surface area contributed by atoms with Crippen LogP contribution in [0.1, 0.15) is 51.7 Å². The van der Waals surface area contributed by atoms with E-state index in [1.54, 1.807) is 18.9 Å². The van der Waals surface area contributed by atoms with E-state index >= 15 is 0 Å². The van der Waals surface area contributed by atoms with Crippen molar-refractivity contribution < 1.29 is 14.4 Å². The van der Waals surface area contributed by atoms with Crippen molar-refractivity contribution in [2.45, 2.75) is 57.5 Å². The van der Waals surface area contributed by atoms with Crippen LogP contribution in [-0.2, 0) is 20.5 Å². The van der Waals surface area contributed by atoms with Gasteiger partial charge in [0.05, 0.1) is 0 Å². The van der Waals surface area contributed by atoms with Gasteiger partial charge in [-0.1, -0.05) is 45.0 Å². The first-order chi connectivity index (χ1) is 13.9. The van der Waals surface area contributed by atoms with Gasteiger partial charge in [-0.05, 0) is 56.4 Å². The van der Waals surface area contributed by atoms with Gasteiger partial charge in [-0.15, -0.1) is 0 Å². The Labute approximate surface area is 179 Å². The molecule has 30 heavy (non-hydrogen) atoms. The summed E-state index contributed by atoms with van der Waals surface area (Å²) < 4.78 is 0. The molecule has 164 valence electrons. The molecule has 7 nitrogen and oxygen atoms in total. The average molecular weight is 415 g/mol.